The van der Waals surface area contributed by atoms with Crippen LogP contribution in [-0.2, 0) is 14.3 Å². The zero-order chi connectivity index (χ0) is 22.4. The topological polar surface area (TPSA) is 66.9 Å². The smallest absolute Gasteiger partial charge is 0.325 e. The highest BCUT2D eigenvalue weighted by Gasteiger charge is 2.39. The lowest BCUT2D eigenvalue weighted by Crippen LogP contribution is -2.51. The number of benzene rings is 1. The Morgan fingerprint density at radius 3 is 2.60 bits per heavy atom. The van der Waals surface area contributed by atoms with E-state index in [2.05, 4.69) is 56.4 Å². The third kappa shape index (κ3) is 4.00. The van der Waals surface area contributed by atoms with Crippen LogP contribution in [0, 0.1) is 6.92 Å². The maximum Gasteiger partial charge on any atom is 0.325 e. The van der Waals surface area contributed by atoms with Crippen molar-refractivity contribution in [1.29, 1.82) is 0 Å². The third-order valence-electron chi connectivity index (χ3n) is 5.86. The fourth-order valence-electron chi connectivity index (χ4n) is 4.72. The molecule has 0 aliphatic carbocycles. The Morgan fingerprint density at radius 1 is 1.33 bits per heavy atom. The van der Waals surface area contributed by atoms with Crippen LogP contribution in [0.4, 0.5) is 10.5 Å². The number of carbonyl (C=O) groups excluding carboxylic acids is 3. The molecule has 7 heteroatoms. The van der Waals surface area contributed by atoms with Gasteiger partial charge >= 0.3 is 5.97 Å². The first-order chi connectivity index (χ1) is 14.0. The molecule has 2 aliphatic heterocycles. The van der Waals surface area contributed by atoms with E-state index in [1.54, 1.807) is 6.08 Å². The van der Waals surface area contributed by atoms with Gasteiger partial charge in [-0.05, 0) is 93.6 Å². The lowest BCUT2D eigenvalue weighted by Gasteiger charge is -2.50. The second kappa shape index (κ2) is 8.10. The number of amides is 2. The molecule has 1 atom stereocenters. The van der Waals surface area contributed by atoms with Gasteiger partial charge in [-0.2, -0.15) is 0 Å². The van der Waals surface area contributed by atoms with Crippen LogP contribution in [0.1, 0.15) is 63.6 Å². The molecule has 0 saturated carbocycles. The second-order valence-electron chi connectivity index (χ2n) is 8.99. The SMILES string of the molecule is COC(=O)CN1C(=O)S/C(=C/c2cc3c(cc2C)N(C(C)C)C(C)(C)CC3C)C1=O. The summed E-state index contributed by atoms with van der Waals surface area (Å²) < 4.78 is 4.58. The molecule has 2 heterocycles. The van der Waals surface area contributed by atoms with Gasteiger partial charge in [-0.1, -0.05) is 6.92 Å². The first-order valence-corrected chi connectivity index (χ1v) is 11.0. The Morgan fingerprint density at radius 2 is 2.00 bits per heavy atom. The van der Waals surface area contributed by atoms with Crippen LogP contribution in [0.3, 0.4) is 0 Å². The number of carbonyl (C=O) groups is 3. The van der Waals surface area contributed by atoms with Gasteiger partial charge in [0.15, 0.2) is 0 Å². The quantitative estimate of drug-likeness (QED) is 0.509. The van der Waals surface area contributed by atoms with E-state index in [0.717, 1.165) is 34.2 Å². The zero-order valence-corrected chi connectivity index (χ0v) is 19.6. The van der Waals surface area contributed by atoms with Crippen LogP contribution in [0.15, 0.2) is 17.0 Å². The van der Waals surface area contributed by atoms with E-state index in [1.165, 1.54) is 18.4 Å². The minimum atomic E-state index is -0.617. The Labute approximate surface area is 182 Å². The summed E-state index contributed by atoms with van der Waals surface area (Å²) in [6.45, 7) is 12.9. The van der Waals surface area contributed by atoms with Crippen molar-refractivity contribution < 1.29 is 19.1 Å². The van der Waals surface area contributed by atoms with Crippen molar-refractivity contribution in [1.82, 2.24) is 4.90 Å². The normalized spacial score (nSPS) is 22.1. The number of hydrogen-bond acceptors (Lipinski definition) is 6. The molecule has 162 valence electrons. The predicted octanol–water partition coefficient (Wildman–Crippen LogP) is 4.70. The van der Waals surface area contributed by atoms with Gasteiger partial charge in [-0.25, -0.2) is 0 Å². The highest BCUT2D eigenvalue weighted by atomic mass is 32.2. The number of methoxy groups -OCH3 is 1. The van der Waals surface area contributed by atoms with Crippen LogP contribution in [0.2, 0.25) is 0 Å². The fourth-order valence-corrected chi connectivity index (χ4v) is 5.55. The summed E-state index contributed by atoms with van der Waals surface area (Å²) in [5.41, 5.74) is 4.53. The summed E-state index contributed by atoms with van der Waals surface area (Å²) in [5, 5.41) is -0.451. The molecule has 0 bridgehead atoms. The van der Waals surface area contributed by atoms with Crippen molar-refractivity contribution in [3.8, 4) is 0 Å². The van der Waals surface area contributed by atoms with Crippen LogP contribution < -0.4 is 4.90 Å². The van der Waals surface area contributed by atoms with Gasteiger partial charge in [-0.3, -0.25) is 19.3 Å². The van der Waals surface area contributed by atoms with Crippen LogP contribution in [0.25, 0.3) is 6.08 Å². The molecule has 30 heavy (non-hydrogen) atoms. The Kier molecular flexibility index (Phi) is 6.05. The van der Waals surface area contributed by atoms with E-state index in [0.29, 0.717) is 16.9 Å². The molecule has 2 amide bonds. The average molecular weight is 431 g/mol. The minimum Gasteiger partial charge on any atom is -0.468 e. The molecule has 1 aromatic rings. The molecule has 6 nitrogen and oxygen atoms in total. The first kappa shape index (κ1) is 22.4. The number of fused-ring (bicyclic) bond motifs is 1. The van der Waals surface area contributed by atoms with E-state index >= 15 is 0 Å². The highest BCUT2D eigenvalue weighted by molar-refractivity contribution is 8.18. The maximum atomic E-state index is 12.7. The van der Waals surface area contributed by atoms with Gasteiger partial charge in [0, 0.05) is 17.3 Å². The Bertz CT molecular complexity index is 935. The molecule has 0 radical (unpaired) electrons. The summed E-state index contributed by atoms with van der Waals surface area (Å²) in [6, 6.07) is 4.71. The monoisotopic (exact) mass is 430 g/mol. The number of nitrogens with zero attached hydrogens (tertiary/aromatic N) is 2. The number of hydrogen-bond donors (Lipinski definition) is 0. The van der Waals surface area contributed by atoms with Gasteiger partial charge in [0.05, 0.1) is 12.0 Å². The summed E-state index contributed by atoms with van der Waals surface area (Å²) in [7, 11) is 1.23. The first-order valence-electron chi connectivity index (χ1n) is 10.2. The van der Waals surface area contributed by atoms with Crippen LogP contribution in [-0.4, -0.2) is 47.3 Å². The molecule has 2 aliphatic rings. The largest absolute Gasteiger partial charge is 0.468 e. The van der Waals surface area contributed by atoms with Crippen molar-refractivity contribution in [2.45, 2.75) is 65.5 Å². The van der Waals surface area contributed by atoms with Gasteiger partial charge in [0.25, 0.3) is 11.1 Å². The molecule has 3 rings (SSSR count). The predicted molar refractivity (Wildman–Crippen MR) is 121 cm³/mol. The van der Waals surface area contributed by atoms with E-state index in [4.69, 9.17) is 0 Å². The third-order valence-corrected chi connectivity index (χ3v) is 6.76. The molecule has 1 aromatic carbocycles. The number of imide groups is 1. The van der Waals surface area contributed by atoms with Crippen molar-refractivity contribution >= 4 is 40.6 Å². The lowest BCUT2D eigenvalue weighted by atomic mass is 9.78. The Balaban J connectivity index is 2.00. The summed E-state index contributed by atoms with van der Waals surface area (Å²) in [4.78, 5) is 40.1. The molecule has 0 N–H and O–H groups in total. The van der Waals surface area contributed by atoms with E-state index in [9.17, 15) is 14.4 Å². The van der Waals surface area contributed by atoms with E-state index in [1.807, 2.05) is 6.92 Å². The van der Waals surface area contributed by atoms with Gasteiger partial charge in [-0.15, -0.1) is 0 Å². The molecule has 0 aromatic heterocycles. The second-order valence-corrected chi connectivity index (χ2v) is 9.99. The zero-order valence-electron chi connectivity index (χ0n) is 18.7. The van der Waals surface area contributed by atoms with Crippen molar-refractivity contribution in [3.63, 3.8) is 0 Å². The standard InChI is InChI=1S/C23H30N2O4S/c1-13(2)25-18-8-14(3)16(9-17(18)15(4)11-23(25,5)6)10-19-21(27)24(22(28)30-19)12-20(26)29-7/h8-10,13,15H,11-12H2,1-7H3/b19-10+. The van der Waals surface area contributed by atoms with Gasteiger partial charge in [0.2, 0.25) is 0 Å². The van der Waals surface area contributed by atoms with Crippen LogP contribution >= 0.6 is 11.8 Å². The molecule has 1 unspecified atom stereocenters. The summed E-state index contributed by atoms with van der Waals surface area (Å²) >= 11 is 0.862. The maximum absolute atomic E-state index is 12.7. The highest BCUT2D eigenvalue weighted by Crippen LogP contribution is 2.46. The minimum absolute atomic E-state index is 0.0606. The molecule has 1 fully saturated rings. The molecule has 1 saturated heterocycles. The number of aryl methyl sites for hydroxylation is 1. The number of rotatable bonds is 4. The van der Waals surface area contributed by atoms with E-state index < -0.39 is 17.1 Å². The number of esters is 1. The van der Waals surface area contributed by atoms with Crippen molar-refractivity contribution in [3.05, 3.63) is 33.7 Å². The summed E-state index contributed by atoms with van der Waals surface area (Å²) in [6.07, 6.45) is 2.81. The average Bonchev–Trinajstić information content (AvgIpc) is 2.89. The van der Waals surface area contributed by atoms with Crippen molar-refractivity contribution in [2.24, 2.45) is 0 Å². The number of thioether (sulfide) groups is 1. The van der Waals surface area contributed by atoms with Crippen LogP contribution in [0.5, 0.6) is 0 Å². The van der Waals surface area contributed by atoms with Crippen molar-refractivity contribution in [2.75, 3.05) is 18.6 Å². The fraction of sp³-hybridized carbons (Fsp3) is 0.522. The number of ether oxygens (including phenoxy) is 1. The van der Waals surface area contributed by atoms with Gasteiger partial charge < -0.3 is 9.64 Å². The lowest BCUT2D eigenvalue weighted by molar-refractivity contribution is -0.143. The van der Waals surface area contributed by atoms with E-state index in [-0.39, 0.29) is 12.1 Å². The number of anilines is 1. The Hall–Kier alpha value is -2.28. The molecule has 0 spiro atoms. The summed E-state index contributed by atoms with van der Waals surface area (Å²) in [5.74, 6) is -0.689. The van der Waals surface area contributed by atoms with Gasteiger partial charge in [0.1, 0.15) is 6.54 Å². The molecular formula is C23H30N2O4S. The molecular weight excluding hydrogens is 400 g/mol.